The average molecular weight is 488 g/mol. The SMILES string of the molecule is CN1CCN(c2ccc(C(=O)Nc3n[nH]c4c3CN(S(=O)(=O)C3CC3)CC4(C)C)c(N)c2)CC1. The number of aromatic nitrogens is 2. The molecule has 2 aromatic rings. The number of piperazine rings is 1. The number of nitrogen functional groups attached to an aromatic ring is 1. The van der Waals surface area contributed by atoms with Gasteiger partial charge in [0.05, 0.1) is 10.8 Å². The molecule has 34 heavy (non-hydrogen) atoms. The Morgan fingerprint density at radius 2 is 1.91 bits per heavy atom. The highest BCUT2D eigenvalue weighted by Gasteiger charge is 2.46. The monoisotopic (exact) mass is 487 g/mol. The van der Waals surface area contributed by atoms with E-state index in [2.05, 4.69) is 32.4 Å². The third kappa shape index (κ3) is 4.16. The van der Waals surface area contributed by atoms with E-state index in [0.29, 0.717) is 42.0 Å². The lowest BCUT2D eigenvalue weighted by molar-refractivity contribution is 0.102. The van der Waals surface area contributed by atoms with E-state index in [1.807, 2.05) is 26.0 Å². The number of nitrogens with zero attached hydrogens (tertiary/aromatic N) is 4. The molecule has 0 unspecified atom stereocenters. The van der Waals surface area contributed by atoms with E-state index >= 15 is 0 Å². The van der Waals surface area contributed by atoms with Crippen molar-refractivity contribution in [2.24, 2.45) is 0 Å². The fraction of sp³-hybridized carbons (Fsp3) is 0.565. The second-order valence-electron chi connectivity index (χ2n) is 10.3. The van der Waals surface area contributed by atoms with Crippen molar-refractivity contribution in [3.8, 4) is 0 Å². The van der Waals surface area contributed by atoms with Gasteiger partial charge in [-0.3, -0.25) is 9.89 Å². The first-order chi connectivity index (χ1) is 16.1. The van der Waals surface area contributed by atoms with Crippen molar-refractivity contribution >= 4 is 33.1 Å². The van der Waals surface area contributed by atoms with Crippen molar-refractivity contribution < 1.29 is 13.2 Å². The van der Waals surface area contributed by atoms with Crippen LogP contribution in [0.4, 0.5) is 17.2 Å². The minimum atomic E-state index is -3.35. The molecule has 4 N–H and O–H groups in total. The molecule has 1 saturated carbocycles. The number of likely N-dealkylation sites (N-methyl/N-ethyl adjacent to an activating group) is 1. The molecule has 1 aromatic carbocycles. The first kappa shape index (κ1) is 23.1. The molecule has 2 aliphatic heterocycles. The van der Waals surface area contributed by atoms with E-state index in [4.69, 9.17) is 5.73 Å². The number of hydrogen-bond donors (Lipinski definition) is 3. The summed E-state index contributed by atoms with van der Waals surface area (Å²) in [6.45, 7) is 8.34. The predicted octanol–water partition coefficient (Wildman–Crippen LogP) is 1.58. The molecule has 5 rings (SSSR count). The normalized spacial score (nSPS) is 21.3. The number of carbonyl (C=O) groups is 1. The zero-order valence-electron chi connectivity index (χ0n) is 20.0. The number of carbonyl (C=O) groups excluding carboxylic acids is 1. The van der Waals surface area contributed by atoms with Gasteiger partial charge in [0.25, 0.3) is 5.91 Å². The largest absolute Gasteiger partial charge is 0.398 e. The second kappa shape index (κ2) is 8.24. The number of anilines is 3. The molecule has 2 fully saturated rings. The molecule has 1 aromatic heterocycles. The molecule has 0 bridgehead atoms. The lowest BCUT2D eigenvalue weighted by Crippen LogP contribution is -2.46. The molecule has 0 atom stereocenters. The maximum absolute atomic E-state index is 13.1. The summed E-state index contributed by atoms with van der Waals surface area (Å²) in [4.78, 5) is 17.7. The summed E-state index contributed by atoms with van der Waals surface area (Å²) in [5.74, 6) is -0.0111. The van der Waals surface area contributed by atoms with Crippen molar-refractivity contribution in [3.05, 3.63) is 35.0 Å². The molecule has 1 amide bonds. The predicted molar refractivity (Wildman–Crippen MR) is 132 cm³/mol. The molecule has 10 nitrogen and oxygen atoms in total. The molecule has 11 heteroatoms. The topological polar surface area (TPSA) is 128 Å². The van der Waals surface area contributed by atoms with E-state index in [1.165, 1.54) is 4.31 Å². The Hall–Kier alpha value is -2.63. The van der Waals surface area contributed by atoms with Gasteiger partial charge in [0, 0.05) is 67.3 Å². The number of hydrogen-bond acceptors (Lipinski definition) is 7. The quantitative estimate of drug-likeness (QED) is 0.546. The number of amides is 1. The molecule has 1 saturated heterocycles. The van der Waals surface area contributed by atoms with Crippen LogP contribution in [-0.2, 0) is 22.0 Å². The van der Waals surface area contributed by atoms with E-state index in [-0.39, 0.29) is 17.7 Å². The summed E-state index contributed by atoms with van der Waals surface area (Å²) < 4.78 is 27.4. The highest BCUT2D eigenvalue weighted by atomic mass is 32.2. The maximum Gasteiger partial charge on any atom is 0.258 e. The van der Waals surface area contributed by atoms with Crippen LogP contribution in [0.1, 0.15) is 48.3 Å². The van der Waals surface area contributed by atoms with Crippen LogP contribution in [0, 0.1) is 0 Å². The lowest BCUT2D eigenvalue weighted by atomic mass is 9.84. The summed E-state index contributed by atoms with van der Waals surface area (Å²) in [6.07, 6.45) is 1.43. The summed E-state index contributed by atoms with van der Waals surface area (Å²) in [5.41, 5.74) is 9.15. The third-order valence-electron chi connectivity index (χ3n) is 7.14. The van der Waals surface area contributed by atoms with Crippen LogP contribution >= 0.6 is 0 Å². The Bertz CT molecular complexity index is 1210. The molecular weight excluding hydrogens is 454 g/mol. The van der Waals surface area contributed by atoms with Crippen LogP contribution in [0.2, 0.25) is 0 Å². The fourth-order valence-corrected chi connectivity index (χ4v) is 6.85. The van der Waals surface area contributed by atoms with Gasteiger partial charge in [-0.25, -0.2) is 8.42 Å². The summed E-state index contributed by atoms with van der Waals surface area (Å²) in [7, 11) is -1.25. The van der Waals surface area contributed by atoms with Crippen LogP contribution in [0.25, 0.3) is 0 Å². The molecule has 3 aliphatic rings. The zero-order chi connectivity index (χ0) is 24.3. The third-order valence-corrected chi connectivity index (χ3v) is 9.43. The zero-order valence-corrected chi connectivity index (χ0v) is 20.8. The number of sulfonamides is 1. The van der Waals surface area contributed by atoms with Gasteiger partial charge in [-0.15, -0.1) is 0 Å². The standard InChI is InChI=1S/C23H33N7O3S/c1-23(2)14-30(34(32,33)16-5-6-16)13-18-20(23)26-27-21(18)25-22(31)17-7-4-15(12-19(17)24)29-10-8-28(3)9-11-29/h4,7,12,16H,5-6,8-11,13-14,24H2,1-3H3,(H2,25,26,27,31). The first-order valence-electron chi connectivity index (χ1n) is 11.8. The van der Waals surface area contributed by atoms with Gasteiger partial charge >= 0.3 is 0 Å². The summed E-state index contributed by atoms with van der Waals surface area (Å²) >= 11 is 0. The van der Waals surface area contributed by atoms with E-state index in [9.17, 15) is 13.2 Å². The molecule has 0 radical (unpaired) electrons. The Kier molecular flexibility index (Phi) is 5.61. The van der Waals surface area contributed by atoms with Gasteiger partial charge in [-0.2, -0.15) is 9.40 Å². The number of fused-ring (bicyclic) bond motifs is 1. The minimum absolute atomic E-state index is 0.196. The van der Waals surface area contributed by atoms with Crippen LogP contribution in [0.3, 0.4) is 0 Å². The van der Waals surface area contributed by atoms with Crippen molar-refractivity contribution in [3.63, 3.8) is 0 Å². The van der Waals surface area contributed by atoms with E-state index in [0.717, 1.165) is 37.6 Å². The highest BCUT2D eigenvalue weighted by Crippen LogP contribution is 2.40. The molecular formula is C23H33N7O3S. The molecule has 1 aliphatic carbocycles. The number of nitrogens with one attached hydrogen (secondary N) is 2. The summed E-state index contributed by atoms with van der Waals surface area (Å²) in [6, 6.07) is 5.50. The number of aromatic amines is 1. The van der Waals surface area contributed by atoms with Gasteiger partial charge in [0.2, 0.25) is 10.0 Å². The Labute approximate surface area is 200 Å². The van der Waals surface area contributed by atoms with Crippen LogP contribution in [-0.4, -0.2) is 78.7 Å². The Balaban J connectivity index is 1.36. The molecule has 3 heterocycles. The fourth-order valence-electron chi connectivity index (χ4n) is 4.88. The van der Waals surface area contributed by atoms with Crippen LogP contribution in [0.15, 0.2) is 18.2 Å². The van der Waals surface area contributed by atoms with Gasteiger partial charge < -0.3 is 20.9 Å². The second-order valence-corrected chi connectivity index (χ2v) is 12.6. The maximum atomic E-state index is 13.1. The number of H-pyrrole nitrogens is 1. The van der Waals surface area contributed by atoms with Gasteiger partial charge in [0.1, 0.15) is 0 Å². The molecule has 184 valence electrons. The highest BCUT2D eigenvalue weighted by molar-refractivity contribution is 7.90. The summed E-state index contributed by atoms with van der Waals surface area (Å²) in [5, 5.41) is 9.94. The Morgan fingerprint density at radius 1 is 1.21 bits per heavy atom. The minimum Gasteiger partial charge on any atom is -0.398 e. The van der Waals surface area contributed by atoms with Crippen molar-refractivity contribution in [1.29, 1.82) is 0 Å². The van der Waals surface area contributed by atoms with Crippen molar-refractivity contribution in [2.45, 2.75) is 43.9 Å². The van der Waals surface area contributed by atoms with Crippen molar-refractivity contribution in [2.75, 3.05) is 55.7 Å². The number of rotatable bonds is 5. The van der Waals surface area contributed by atoms with Crippen molar-refractivity contribution in [1.82, 2.24) is 19.4 Å². The Morgan fingerprint density at radius 3 is 2.56 bits per heavy atom. The first-order valence-corrected chi connectivity index (χ1v) is 13.3. The smallest absolute Gasteiger partial charge is 0.258 e. The van der Waals surface area contributed by atoms with E-state index < -0.39 is 15.4 Å². The van der Waals surface area contributed by atoms with Crippen LogP contribution in [0.5, 0.6) is 0 Å². The molecule has 0 spiro atoms. The average Bonchev–Trinajstić information content (AvgIpc) is 3.56. The van der Waals surface area contributed by atoms with E-state index in [1.54, 1.807) is 6.07 Å². The van der Waals surface area contributed by atoms with Gasteiger partial charge in [0.15, 0.2) is 5.82 Å². The number of benzene rings is 1. The van der Waals surface area contributed by atoms with Gasteiger partial charge in [-0.1, -0.05) is 13.8 Å². The van der Waals surface area contributed by atoms with Crippen LogP contribution < -0.4 is 16.0 Å². The lowest BCUT2D eigenvalue weighted by Gasteiger charge is -2.37. The number of nitrogens with two attached hydrogens (primary N) is 1. The van der Waals surface area contributed by atoms with Gasteiger partial charge in [-0.05, 0) is 38.1 Å².